The van der Waals surface area contributed by atoms with Crippen molar-refractivity contribution < 1.29 is 9.59 Å². The summed E-state index contributed by atoms with van der Waals surface area (Å²) >= 11 is 2.95. The van der Waals surface area contributed by atoms with Gasteiger partial charge in [-0.2, -0.15) is 0 Å². The minimum absolute atomic E-state index is 0.314. The topological polar surface area (TPSA) is 89.5 Å². The van der Waals surface area contributed by atoms with Crippen molar-refractivity contribution in [2.75, 3.05) is 5.32 Å². The maximum atomic E-state index is 12.6. The van der Waals surface area contributed by atoms with E-state index in [1.807, 2.05) is 16.7 Å². The number of fused-ring (bicyclic) bond motifs is 2. The Morgan fingerprint density at radius 2 is 2.12 bits per heavy atom. The molecule has 6 nitrogen and oxygen atoms in total. The second-order valence-corrected chi connectivity index (χ2v) is 7.83. The molecule has 8 heteroatoms. The summed E-state index contributed by atoms with van der Waals surface area (Å²) in [4.78, 5) is 30.7. The zero-order valence-corrected chi connectivity index (χ0v) is 14.7. The summed E-state index contributed by atoms with van der Waals surface area (Å²) < 4.78 is 1.88. The van der Waals surface area contributed by atoms with Gasteiger partial charge in [-0.15, -0.1) is 22.7 Å². The summed E-state index contributed by atoms with van der Waals surface area (Å²) in [6.45, 7) is 1.96. The van der Waals surface area contributed by atoms with Gasteiger partial charge in [-0.3, -0.25) is 14.0 Å². The number of aromatic nitrogens is 2. The maximum Gasteiger partial charge on any atom is 0.276 e. The Hall–Kier alpha value is -2.19. The molecule has 0 aliphatic heterocycles. The molecule has 0 unspecified atom stereocenters. The normalized spacial score (nSPS) is 13.9. The van der Waals surface area contributed by atoms with Crippen LogP contribution in [-0.2, 0) is 12.8 Å². The summed E-state index contributed by atoms with van der Waals surface area (Å²) in [5.41, 5.74) is 8.42. The van der Waals surface area contributed by atoms with E-state index in [0.29, 0.717) is 16.3 Å². The van der Waals surface area contributed by atoms with Crippen LogP contribution in [0.15, 0.2) is 11.6 Å². The number of carbonyl (C=O) groups excluding carboxylic acids is 2. The van der Waals surface area contributed by atoms with Crippen molar-refractivity contribution in [3.63, 3.8) is 0 Å². The fraction of sp³-hybridized carbons (Fsp3) is 0.312. The summed E-state index contributed by atoms with van der Waals surface area (Å²) in [5.74, 6) is -0.794. The molecule has 124 valence electrons. The van der Waals surface area contributed by atoms with E-state index in [0.717, 1.165) is 46.8 Å². The van der Waals surface area contributed by atoms with Crippen molar-refractivity contribution in [2.24, 2.45) is 5.73 Å². The molecule has 24 heavy (non-hydrogen) atoms. The van der Waals surface area contributed by atoms with Gasteiger partial charge in [0.1, 0.15) is 10.7 Å². The lowest BCUT2D eigenvalue weighted by Crippen LogP contribution is -2.18. The molecule has 3 aromatic rings. The summed E-state index contributed by atoms with van der Waals surface area (Å²) in [5, 5.41) is 5.38. The van der Waals surface area contributed by atoms with Gasteiger partial charge in [0, 0.05) is 22.1 Å². The van der Waals surface area contributed by atoms with E-state index >= 15 is 0 Å². The van der Waals surface area contributed by atoms with Crippen molar-refractivity contribution in [1.29, 1.82) is 0 Å². The lowest BCUT2D eigenvalue weighted by Gasteiger charge is -2.11. The molecule has 3 aromatic heterocycles. The fourth-order valence-electron chi connectivity index (χ4n) is 3.09. The summed E-state index contributed by atoms with van der Waals surface area (Å²) in [6, 6.07) is 0. The first kappa shape index (κ1) is 15.3. The molecule has 0 saturated heterocycles. The zero-order valence-electron chi connectivity index (χ0n) is 13.1. The number of nitrogens with one attached hydrogen (secondary N) is 1. The van der Waals surface area contributed by atoms with Gasteiger partial charge in [-0.05, 0) is 38.2 Å². The third kappa shape index (κ3) is 2.42. The van der Waals surface area contributed by atoms with Crippen molar-refractivity contribution in [2.45, 2.75) is 32.6 Å². The van der Waals surface area contributed by atoms with Crippen LogP contribution in [0.1, 0.15) is 49.8 Å². The lowest BCUT2D eigenvalue weighted by atomic mass is 9.95. The largest absolute Gasteiger partial charge is 0.365 e. The number of nitrogens with two attached hydrogens (primary N) is 1. The van der Waals surface area contributed by atoms with Crippen LogP contribution in [0.3, 0.4) is 0 Å². The molecule has 0 saturated carbocycles. The number of rotatable bonds is 3. The quantitative estimate of drug-likeness (QED) is 0.752. The Bertz CT molecular complexity index is 966. The minimum Gasteiger partial charge on any atom is -0.365 e. The van der Waals surface area contributed by atoms with Gasteiger partial charge in [0.05, 0.1) is 5.56 Å². The van der Waals surface area contributed by atoms with Crippen molar-refractivity contribution in [3.05, 3.63) is 39.0 Å². The van der Waals surface area contributed by atoms with E-state index in [-0.39, 0.29) is 5.91 Å². The molecule has 0 aromatic carbocycles. The standard InChI is InChI=1S/C16H16N4O2S2/c1-8-7-23-16-18-10(6-20(8)16)14(22)19-15-12(13(17)21)9-4-2-3-5-11(9)24-15/h6-7H,2-5H2,1H3,(H2,17,21)(H,19,22). The third-order valence-electron chi connectivity index (χ3n) is 4.27. The number of primary amides is 1. The van der Waals surface area contributed by atoms with Crippen LogP contribution in [0.5, 0.6) is 0 Å². The average molecular weight is 360 g/mol. The smallest absolute Gasteiger partial charge is 0.276 e. The van der Waals surface area contributed by atoms with Crippen molar-refractivity contribution >= 4 is 44.4 Å². The number of thiophene rings is 1. The van der Waals surface area contributed by atoms with E-state index in [9.17, 15) is 9.59 Å². The van der Waals surface area contributed by atoms with Crippen LogP contribution in [-0.4, -0.2) is 21.2 Å². The molecule has 3 heterocycles. The van der Waals surface area contributed by atoms with Crippen molar-refractivity contribution in [1.82, 2.24) is 9.38 Å². The Labute approximate surface area is 146 Å². The Kier molecular flexibility index (Phi) is 3.65. The van der Waals surface area contributed by atoms with Crippen LogP contribution < -0.4 is 11.1 Å². The van der Waals surface area contributed by atoms with Crippen LogP contribution in [0.4, 0.5) is 5.00 Å². The van der Waals surface area contributed by atoms with Crippen LogP contribution in [0.25, 0.3) is 4.96 Å². The molecule has 0 bridgehead atoms. The van der Waals surface area contributed by atoms with Gasteiger partial charge in [0.2, 0.25) is 0 Å². The second kappa shape index (κ2) is 5.71. The SMILES string of the molecule is Cc1csc2nc(C(=O)Nc3sc4c(c3C(N)=O)CCCC4)cn12. The molecule has 1 aliphatic carbocycles. The fourth-order valence-corrected chi connectivity index (χ4v) is 5.23. The highest BCUT2D eigenvalue weighted by atomic mass is 32.1. The zero-order chi connectivity index (χ0) is 16.8. The molecular formula is C16H16N4O2S2. The first-order valence-corrected chi connectivity index (χ1v) is 9.43. The van der Waals surface area contributed by atoms with Gasteiger partial charge in [0.15, 0.2) is 4.96 Å². The first-order chi connectivity index (χ1) is 11.5. The predicted molar refractivity (Wildman–Crippen MR) is 95.2 cm³/mol. The average Bonchev–Trinajstić information content (AvgIpc) is 3.21. The van der Waals surface area contributed by atoms with E-state index in [4.69, 9.17) is 5.73 Å². The minimum atomic E-state index is -0.480. The highest BCUT2D eigenvalue weighted by molar-refractivity contribution is 7.17. The molecule has 4 rings (SSSR count). The van der Waals surface area contributed by atoms with Crippen LogP contribution >= 0.6 is 22.7 Å². The van der Waals surface area contributed by atoms with E-state index in [1.54, 1.807) is 6.20 Å². The van der Waals surface area contributed by atoms with E-state index in [1.165, 1.54) is 22.7 Å². The number of amides is 2. The second-order valence-electron chi connectivity index (χ2n) is 5.89. The van der Waals surface area contributed by atoms with E-state index in [2.05, 4.69) is 10.3 Å². The highest BCUT2D eigenvalue weighted by Gasteiger charge is 2.25. The lowest BCUT2D eigenvalue weighted by molar-refractivity contribution is 0.100. The number of carbonyl (C=O) groups is 2. The molecule has 0 fully saturated rings. The number of imidazole rings is 1. The summed E-state index contributed by atoms with van der Waals surface area (Å²) in [7, 11) is 0. The number of hydrogen-bond acceptors (Lipinski definition) is 5. The Morgan fingerprint density at radius 3 is 2.88 bits per heavy atom. The number of hydrogen-bond donors (Lipinski definition) is 2. The van der Waals surface area contributed by atoms with Gasteiger partial charge in [-0.25, -0.2) is 4.98 Å². The molecule has 1 aliphatic rings. The van der Waals surface area contributed by atoms with Crippen LogP contribution in [0.2, 0.25) is 0 Å². The van der Waals surface area contributed by atoms with Crippen LogP contribution in [0, 0.1) is 6.92 Å². The third-order valence-corrected chi connectivity index (χ3v) is 6.43. The Balaban J connectivity index is 1.68. The first-order valence-electron chi connectivity index (χ1n) is 7.73. The molecular weight excluding hydrogens is 344 g/mol. The Morgan fingerprint density at radius 1 is 1.33 bits per heavy atom. The van der Waals surface area contributed by atoms with Crippen molar-refractivity contribution in [3.8, 4) is 0 Å². The number of anilines is 1. The number of nitrogens with zero attached hydrogens (tertiary/aromatic N) is 2. The van der Waals surface area contributed by atoms with Gasteiger partial charge in [-0.1, -0.05) is 0 Å². The predicted octanol–water partition coefficient (Wildman–Crippen LogP) is 3.00. The molecule has 0 spiro atoms. The maximum absolute atomic E-state index is 12.6. The molecule has 0 radical (unpaired) electrons. The molecule has 2 amide bonds. The highest BCUT2D eigenvalue weighted by Crippen LogP contribution is 2.38. The number of thiazole rings is 1. The number of aryl methyl sites for hydroxylation is 2. The monoisotopic (exact) mass is 360 g/mol. The van der Waals surface area contributed by atoms with Gasteiger partial charge < -0.3 is 11.1 Å². The van der Waals surface area contributed by atoms with E-state index < -0.39 is 5.91 Å². The van der Waals surface area contributed by atoms with Gasteiger partial charge >= 0.3 is 0 Å². The summed E-state index contributed by atoms with van der Waals surface area (Å²) in [6.07, 6.45) is 5.66. The molecule has 0 atom stereocenters. The molecule has 3 N–H and O–H groups in total. The van der Waals surface area contributed by atoms with Gasteiger partial charge in [0.25, 0.3) is 11.8 Å².